The highest BCUT2D eigenvalue weighted by atomic mass is 32.2. The summed E-state index contributed by atoms with van der Waals surface area (Å²) in [7, 11) is 0. The number of hydrogen-bond donors (Lipinski definition) is 0. The van der Waals surface area contributed by atoms with Crippen molar-refractivity contribution in [1.82, 2.24) is 0 Å². The molecule has 0 radical (unpaired) electrons. The average Bonchev–Trinajstić information content (AvgIpc) is 2.22. The normalized spacial score (nSPS) is 12.9. The second kappa shape index (κ2) is 4.92. The maximum atomic E-state index is 12.9. The van der Waals surface area contributed by atoms with Crippen LogP contribution in [-0.4, -0.2) is 15.4 Å². The summed E-state index contributed by atoms with van der Waals surface area (Å²) in [4.78, 5) is -1.85. The van der Waals surface area contributed by atoms with Gasteiger partial charge < -0.3 is 9.29 Å². The zero-order valence-electron chi connectivity index (χ0n) is 7.48. The van der Waals surface area contributed by atoms with Crippen LogP contribution in [0.2, 0.25) is 0 Å². The van der Waals surface area contributed by atoms with Crippen molar-refractivity contribution in [1.29, 1.82) is 0 Å². The molecule has 1 atom stereocenters. The summed E-state index contributed by atoms with van der Waals surface area (Å²) in [5.74, 6) is -11.5. The minimum Gasteiger partial charge on any atom is -0.768 e. The number of halogens is 6. The summed E-state index contributed by atoms with van der Waals surface area (Å²) in [5, 5.41) is 0. The molecule has 0 fully saturated rings. The Kier molecular flexibility index (Phi) is 3.98. The van der Waals surface area contributed by atoms with E-state index < -0.39 is 51.6 Å². The Hall–Kier alpha value is -1.29. The van der Waals surface area contributed by atoms with E-state index >= 15 is 0 Å². The van der Waals surface area contributed by atoms with Gasteiger partial charge in [0.15, 0.2) is 17.4 Å². The predicted octanol–water partition coefficient (Wildman–Crippen LogP) is 2.08. The van der Waals surface area contributed by atoms with Crippen LogP contribution in [0.4, 0.5) is 26.3 Å². The standard InChI is InChI=1S/C7H2F6O3S/c8-1-2(9)4(11)6(17(14)15)5(3(1)10)16-7(12)13/h7H,(H,14,15)/p-1. The number of alkyl halides is 2. The van der Waals surface area contributed by atoms with Gasteiger partial charge in [-0.25, -0.2) is 13.2 Å². The van der Waals surface area contributed by atoms with Crippen LogP contribution < -0.4 is 4.74 Å². The molecule has 0 bridgehead atoms. The van der Waals surface area contributed by atoms with E-state index in [4.69, 9.17) is 0 Å². The molecule has 0 heterocycles. The third-order valence-electron chi connectivity index (χ3n) is 1.56. The molecule has 0 aromatic heterocycles. The van der Waals surface area contributed by atoms with Crippen LogP contribution in [0.1, 0.15) is 0 Å². The third kappa shape index (κ3) is 2.52. The highest BCUT2D eigenvalue weighted by molar-refractivity contribution is 7.79. The fourth-order valence-electron chi connectivity index (χ4n) is 0.935. The minimum atomic E-state index is -3.74. The highest BCUT2D eigenvalue weighted by Gasteiger charge is 2.28. The Balaban J connectivity index is 3.59. The van der Waals surface area contributed by atoms with Crippen molar-refractivity contribution in [2.24, 2.45) is 0 Å². The van der Waals surface area contributed by atoms with Crippen LogP contribution in [-0.2, 0) is 11.1 Å². The van der Waals surface area contributed by atoms with Crippen molar-refractivity contribution in [3.05, 3.63) is 23.3 Å². The SMILES string of the molecule is O=S([O-])c1c(F)c(F)c(F)c(F)c1OC(F)F. The van der Waals surface area contributed by atoms with Gasteiger partial charge in [-0.05, 0) is 11.1 Å². The van der Waals surface area contributed by atoms with Crippen LogP contribution >= 0.6 is 0 Å². The van der Waals surface area contributed by atoms with Gasteiger partial charge in [0, 0.05) is 0 Å². The topological polar surface area (TPSA) is 49.4 Å². The smallest absolute Gasteiger partial charge is 0.387 e. The largest absolute Gasteiger partial charge is 0.768 e. The Morgan fingerprint density at radius 2 is 1.47 bits per heavy atom. The Morgan fingerprint density at radius 1 is 1.00 bits per heavy atom. The third-order valence-corrected chi connectivity index (χ3v) is 2.25. The zero-order valence-corrected chi connectivity index (χ0v) is 8.29. The first-order valence-corrected chi connectivity index (χ1v) is 4.74. The Morgan fingerprint density at radius 3 is 1.88 bits per heavy atom. The van der Waals surface area contributed by atoms with Gasteiger partial charge in [0.1, 0.15) is 4.90 Å². The summed E-state index contributed by atoms with van der Waals surface area (Å²) in [5.41, 5.74) is 0. The molecular weight excluding hydrogens is 278 g/mol. The monoisotopic (exact) mass is 279 g/mol. The molecule has 0 aliphatic carbocycles. The molecule has 1 aromatic rings. The summed E-state index contributed by atoms with van der Waals surface area (Å²) >= 11 is -3.63. The molecule has 0 aliphatic heterocycles. The molecule has 1 rings (SSSR count). The molecule has 0 N–H and O–H groups in total. The number of rotatable bonds is 3. The first-order valence-electron chi connectivity index (χ1n) is 3.67. The van der Waals surface area contributed by atoms with E-state index in [1.54, 1.807) is 0 Å². The van der Waals surface area contributed by atoms with E-state index in [-0.39, 0.29) is 0 Å². The lowest BCUT2D eigenvalue weighted by Gasteiger charge is -2.15. The Bertz CT molecular complexity index is 477. The maximum Gasteiger partial charge on any atom is 0.387 e. The van der Waals surface area contributed by atoms with Gasteiger partial charge in [-0.15, -0.1) is 0 Å². The fourth-order valence-corrected chi connectivity index (χ4v) is 1.46. The molecule has 10 heteroatoms. The van der Waals surface area contributed by atoms with E-state index in [2.05, 4.69) is 4.74 Å². The van der Waals surface area contributed by atoms with Gasteiger partial charge in [0.05, 0.1) is 0 Å². The summed E-state index contributed by atoms with van der Waals surface area (Å²) < 4.78 is 98.8. The van der Waals surface area contributed by atoms with Crippen molar-refractivity contribution in [2.45, 2.75) is 11.5 Å². The second-order valence-corrected chi connectivity index (χ2v) is 3.41. The molecule has 0 spiro atoms. The van der Waals surface area contributed by atoms with Crippen LogP contribution in [0, 0.1) is 23.3 Å². The molecule has 1 unspecified atom stereocenters. The number of ether oxygens (including phenoxy) is 1. The van der Waals surface area contributed by atoms with Gasteiger partial charge >= 0.3 is 6.61 Å². The number of benzene rings is 1. The van der Waals surface area contributed by atoms with Gasteiger partial charge in [-0.2, -0.15) is 13.2 Å². The summed E-state index contributed by atoms with van der Waals surface area (Å²) in [6, 6.07) is 0. The first-order chi connectivity index (χ1) is 7.77. The summed E-state index contributed by atoms with van der Waals surface area (Å²) in [6.07, 6.45) is 0. The lowest BCUT2D eigenvalue weighted by atomic mass is 10.3. The molecule has 0 aliphatic rings. The van der Waals surface area contributed by atoms with E-state index in [0.29, 0.717) is 0 Å². The average molecular weight is 279 g/mol. The quantitative estimate of drug-likeness (QED) is 0.368. The van der Waals surface area contributed by atoms with E-state index in [0.717, 1.165) is 0 Å². The van der Waals surface area contributed by atoms with Gasteiger partial charge in [0.25, 0.3) is 0 Å². The number of hydrogen-bond acceptors (Lipinski definition) is 3. The maximum absolute atomic E-state index is 12.9. The zero-order chi connectivity index (χ0) is 13.3. The lowest BCUT2D eigenvalue weighted by molar-refractivity contribution is -0.0551. The molecule has 17 heavy (non-hydrogen) atoms. The second-order valence-electron chi connectivity index (χ2n) is 2.53. The van der Waals surface area contributed by atoms with Crippen LogP contribution in [0.3, 0.4) is 0 Å². The van der Waals surface area contributed by atoms with Crippen LogP contribution in [0.5, 0.6) is 5.75 Å². The van der Waals surface area contributed by atoms with Crippen molar-refractivity contribution < 1.29 is 39.8 Å². The molecule has 1 aromatic carbocycles. The van der Waals surface area contributed by atoms with Crippen molar-refractivity contribution in [2.75, 3.05) is 0 Å². The van der Waals surface area contributed by atoms with Gasteiger partial charge in [-0.3, -0.25) is 4.21 Å². The first kappa shape index (κ1) is 13.8. The molecule has 3 nitrogen and oxygen atoms in total. The predicted molar refractivity (Wildman–Crippen MR) is 40.1 cm³/mol. The molecule has 96 valence electrons. The van der Waals surface area contributed by atoms with Crippen molar-refractivity contribution in [3.63, 3.8) is 0 Å². The highest BCUT2D eigenvalue weighted by Crippen LogP contribution is 2.33. The minimum absolute atomic E-state index is 1.85. The summed E-state index contributed by atoms with van der Waals surface area (Å²) in [6.45, 7) is -3.74. The van der Waals surface area contributed by atoms with E-state index in [9.17, 15) is 35.1 Å². The molecule has 0 saturated carbocycles. The molecular formula is C7HF6O3S-. The van der Waals surface area contributed by atoms with Gasteiger partial charge in [0.2, 0.25) is 11.6 Å². The van der Waals surface area contributed by atoms with Crippen LogP contribution in [0.25, 0.3) is 0 Å². The van der Waals surface area contributed by atoms with Gasteiger partial charge in [-0.1, -0.05) is 0 Å². The molecule has 0 amide bonds. The van der Waals surface area contributed by atoms with Crippen molar-refractivity contribution >= 4 is 11.1 Å². The Labute approximate surface area is 92.3 Å². The van der Waals surface area contributed by atoms with E-state index in [1.165, 1.54) is 0 Å². The molecule has 0 saturated heterocycles. The van der Waals surface area contributed by atoms with Crippen LogP contribution in [0.15, 0.2) is 4.90 Å². The van der Waals surface area contributed by atoms with Crippen molar-refractivity contribution in [3.8, 4) is 5.75 Å². The van der Waals surface area contributed by atoms with E-state index in [1.807, 2.05) is 0 Å². The fraction of sp³-hybridized carbons (Fsp3) is 0.143. The lowest BCUT2D eigenvalue weighted by Crippen LogP contribution is -2.12.